The molecular weight excluding hydrogens is 192 g/mol. The van der Waals surface area contributed by atoms with Crippen LogP contribution in [-0.4, -0.2) is 47.1 Å². The van der Waals surface area contributed by atoms with Crippen LogP contribution in [0.1, 0.15) is 6.92 Å². The molecule has 0 radical (unpaired) electrons. The third kappa shape index (κ3) is 22.4. The Balaban J connectivity index is 0. The molecule has 0 aromatic carbocycles. The first-order valence-electron chi connectivity index (χ1n) is 3.71. The smallest absolute Gasteiger partial charge is 0.328 e. The van der Waals surface area contributed by atoms with Gasteiger partial charge in [-0.15, -0.1) is 0 Å². The van der Waals surface area contributed by atoms with Gasteiger partial charge in [0, 0.05) is 19.3 Å². The van der Waals surface area contributed by atoms with E-state index in [4.69, 9.17) is 15.3 Å². The second-order valence-corrected chi connectivity index (χ2v) is 2.31. The Morgan fingerprint density at radius 2 is 1.64 bits per heavy atom. The second kappa shape index (κ2) is 9.69. The molecule has 0 saturated heterocycles. The normalized spacial score (nSPS) is 11.6. The zero-order chi connectivity index (χ0) is 11.6. The van der Waals surface area contributed by atoms with E-state index in [2.05, 4.69) is 4.74 Å². The first-order chi connectivity index (χ1) is 6.40. The highest BCUT2D eigenvalue weighted by atomic mass is 16.5. The second-order valence-electron chi connectivity index (χ2n) is 2.31. The maximum absolute atomic E-state index is 9.55. The lowest BCUT2D eigenvalue weighted by Gasteiger charge is -1.97. The molecule has 1 unspecified atom stereocenters. The minimum absolute atomic E-state index is 0.324. The Bertz CT molecular complexity index is 180. The summed E-state index contributed by atoms with van der Waals surface area (Å²) in [4.78, 5) is 19.1. The summed E-state index contributed by atoms with van der Waals surface area (Å²) in [5.41, 5.74) is 0. The van der Waals surface area contributed by atoms with E-state index < -0.39 is 11.9 Å². The molecule has 6 heteroatoms. The number of rotatable bonds is 4. The van der Waals surface area contributed by atoms with Crippen LogP contribution in [0.15, 0.2) is 12.2 Å². The molecule has 82 valence electrons. The molecule has 14 heavy (non-hydrogen) atoms. The summed E-state index contributed by atoms with van der Waals surface area (Å²) in [6.45, 7) is 2.11. The highest BCUT2D eigenvalue weighted by molar-refractivity contribution is 5.89. The molecule has 0 aliphatic rings. The van der Waals surface area contributed by atoms with Crippen molar-refractivity contribution in [2.24, 2.45) is 0 Å². The highest BCUT2D eigenvalue weighted by Crippen LogP contribution is 1.75. The number of carboxylic acid groups (broad SMARTS) is 2. The van der Waals surface area contributed by atoms with Crippen molar-refractivity contribution in [1.82, 2.24) is 0 Å². The van der Waals surface area contributed by atoms with E-state index in [0.29, 0.717) is 18.8 Å². The number of hydrogen-bond acceptors (Lipinski definition) is 4. The van der Waals surface area contributed by atoms with Crippen LogP contribution in [0.5, 0.6) is 0 Å². The summed E-state index contributed by atoms with van der Waals surface area (Å²) in [6, 6.07) is 0. The number of aliphatic hydroxyl groups excluding tert-OH is 1. The average Bonchev–Trinajstić information content (AvgIpc) is 2.01. The lowest BCUT2D eigenvalue weighted by molar-refractivity contribution is -0.134. The van der Waals surface area contributed by atoms with Gasteiger partial charge in [-0.1, -0.05) is 0 Å². The van der Waals surface area contributed by atoms with Gasteiger partial charge in [0.15, 0.2) is 0 Å². The van der Waals surface area contributed by atoms with Gasteiger partial charge in [-0.25, -0.2) is 9.59 Å². The number of carbonyl (C=O) groups is 2. The molecule has 0 aromatic rings. The van der Waals surface area contributed by atoms with Gasteiger partial charge in [0.05, 0.1) is 12.7 Å². The predicted molar refractivity (Wildman–Crippen MR) is 48.0 cm³/mol. The topological polar surface area (TPSA) is 104 Å². The zero-order valence-corrected chi connectivity index (χ0v) is 8.01. The minimum atomic E-state index is -1.26. The molecule has 0 fully saturated rings. The Morgan fingerprint density at radius 3 is 1.71 bits per heavy atom. The van der Waals surface area contributed by atoms with Crippen molar-refractivity contribution in [3.63, 3.8) is 0 Å². The quantitative estimate of drug-likeness (QED) is 0.547. The van der Waals surface area contributed by atoms with Crippen LogP contribution in [0.25, 0.3) is 0 Å². The Labute approximate surface area is 81.4 Å². The first kappa shape index (κ1) is 15.1. The third-order valence-corrected chi connectivity index (χ3v) is 0.776. The highest BCUT2D eigenvalue weighted by Gasteiger charge is 1.88. The van der Waals surface area contributed by atoms with E-state index in [9.17, 15) is 9.59 Å². The summed E-state index contributed by atoms with van der Waals surface area (Å²) < 4.78 is 4.55. The van der Waals surface area contributed by atoms with E-state index in [1.807, 2.05) is 0 Å². The fraction of sp³-hybridized carbons (Fsp3) is 0.500. The number of hydrogen-bond donors (Lipinski definition) is 3. The molecule has 0 saturated carbocycles. The average molecular weight is 206 g/mol. The lowest BCUT2D eigenvalue weighted by atomic mass is 10.5. The summed E-state index contributed by atoms with van der Waals surface area (Å²) >= 11 is 0. The molecule has 6 nitrogen and oxygen atoms in total. The molecule has 0 heterocycles. The van der Waals surface area contributed by atoms with Crippen LogP contribution < -0.4 is 0 Å². The minimum Gasteiger partial charge on any atom is -0.478 e. The standard InChI is InChI=1S/C4H4O4.C4H10O2/c5-3(6)1-2-4(7)8;1-4(5)3-6-2/h1-2H,(H,5,6)(H,7,8);4-5H,3H2,1-2H3/b2-1-;. The van der Waals surface area contributed by atoms with E-state index in [0.717, 1.165) is 0 Å². The predicted octanol–water partition coefficient (Wildman–Crippen LogP) is -0.275. The van der Waals surface area contributed by atoms with Crippen molar-refractivity contribution in [3.05, 3.63) is 12.2 Å². The number of aliphatic carboxylic acids is 2. The fourth-order valence-corrected chi connectivity index (χ4v) is 0.384. The Kier molecular flexibility index (Phi) is 10.4. The number of methoxy groups -OCH3 is 1. The third-order valence-electron chi connectivity index (χ3n) is 0.776. The van der Waals surface area contributed by atoms with Gasteiger partial charge in [0.25, 0.3) is 0 Å². The maximum atomic E-state index is 9.55. The zero-order valence-electron chi connectivity index (χ0n) is 8.01. The van der Waals surface area contributed by atoms with Gasteiger partial charge in [-0.3, -0.25) is 0 Å². The molecule has 0 rings (SSSR count). The summed E-state index contributed by atoms with van der Waals surface area (Å²) in [7, 11) is 1.56. The van der Waals surface area contributed by atoms with Crippen molar-refractivity contribution in [2.75, 3.05) is 13.7 Å². The van der Waals surface area contributed by atoms with Gasteiger partial charge in [0.1, 0.15) is 0 Å². The monoisotopic (exact) mass is 206 g/mol. The molecule has 0 aliphatic carbocycles. The van der Waals surface area contributed by atoms with Crippen LogP contribution in [0.3, 0.4) is 0 Å². The summed E-state index contributed by atoms with van der Waals surface area (Å²) in [5, 5.41) is 24.1. The van der Waals surface area contributed by atoms with Crippen LogP contribution in [0.4, 0.5) is 0 Å². The first-order valence-corrected chi connectivity index (χ1v) is 3.71. The van der Waals surface area contributed by atoms with E-state index in [1.54, 1.807) is 14.0 Å². The SMILES string of the molecule is COCC(C)O.O=C(O)/C=C\C(=O)O. The molecule has 0 aromatic heterocycles. The molecule has 0 amide bonds. The summed E-state index contributed by atoms with van der Waals surface area (Å²) in [5.74, 6) is -2.51. The van der Waals surface area contributed by atoms with Crippen LogP contribution in [0, 0.1) is 0 Å². The largest absolute Gasteiger partial charge is 0.478 e. The van der Waals surface area contributed by atoms with Gasteiger partial charge in [-0.05, 0) is 6.92 Å². The molecule has 1 atom stereocenters. The maximum Gasteiger partial charge on any atom is 0.328 e. The van der Waals surface area contributed by atoms with Gasteiger partial charge >= 0.3 is 11.9 Å². The van der Waals surface area contributed by atoms with Crippen molar-refractivity contribution < 1.29 is 29.6 Å². The van der Waals surface area contributed by atoms with Crippen LogP contribution in [0.2, 0.25) is 0 Å². The Hall–Kier alpha value is -1.40. The molecule has 0 bridgehead atoms. The fourth-order valence-electron chi connectivity index (χ4n) is 0.384. The number of carboxylic acids is 2. The van der Waals surface area contributed by atoms with E-state index in [-0.39, 0.29) is 6.10 Å². The summed E-state index contributed by atoms with van der Waals surface area (Å²) in [6.07, 6.45) is 0.792. The van der Waals surface area contributed by atoms with Gasteiger partial charge in [-0.2, -0.15) is 0 Å². The number of aliphatic hydroxyl groups is 1. The Morgan fingerprint density at radius 1 is 1.29 bits per heavy atom. The molecule has 0 aliphatic heterocycles. The van der Waals surface area contributed by atoms with Crippen molar-refractivity contribution in [2.45, 2.75) is 13.0 Å². The molecule has 3 N–H and O–H groups in total. The van der Waals surface area contributed by atoms with Crippen LogP contribution >= 0.6 is 0 Å². The van der Waals surface area contributed by atoms with Crippen molar-refractivity contribution in [1.29, 1.82) is 0 Å². The van der Waals surface area contributed by atoms with Gasteiger partial charge < -0.3 is 20.1 Å². The van der Waals surface area contributed by atoms with Gasteiger partial charge in [0.2, 0.25) is 0 Å². The van der Waals surface area contributed by atoms with Crippen LogP contribution in [-0.2, 0) is 14.3 Å². The lowest BCUT2D eigenvalue weighted by Crippen LogP contribution is -2.07. The van der Waals surface area contributed by atoms with Crippen molar-refractivity contribution in [3.8, 4) is 0 Å². The number of ether oxygens (including phenoxy) is 1. The molecule has 0 spiro atoms. The van der Waals surface area contributed by atoms with Crippen molar-refractivity contribution >= 4 is 11.9 Å². The van der Waals surface area contributed by atoms with E-state index >= 15 is 0 Å². The molecular formula is C8H14O6. The van der Waals surface area contributed by atoms with E-state index in [1.165, 1.54) is 0 Å².